The predicted octanol–water partition coefficient (Wildman–Crippen LogP) is 0.216. The zero-order valence-corrected chi connectivity index (χ0v) is 11.3. The zero-order valence-electron chi connectivity index (χ0n) is 9.67. The standard InChI is InChI=1S/C9H13N3O4S2/c1-5-8(18(10,14)15)17-9(11-5)12-7(13)6-3-2-4-16-6/h6H,2-4H2,1H3,(H2,10,14,15)(H,11,12,13). The summed E-state index contributed by atoms with van der Waals surface area (Å²) in [6, 6.07) is 0. The molecule has 1 aliphatic heterocycles. The second-order valence-electron chi connectivity index (χ2n) is 3.93. The van der Waals surface area contributed by atoms with Gasteiger partial charge in [0.25, 0.3) is 5.91 Å². The lowest BCUT2D eigenvalue weighted by molar-refractivity contribution is -0.124. The Kier molecular flexibility index (Phi) is 3.66. The molecule has 2 rings (SSSR count). The van der Waals surface area contributed by atoms with Crippen molar-refractivity contribution in [3.05, 3.63) is 5.69 Å². The molecule has 1 amide bonds. The number of carbonyl (C=O) groups excluding carboxylic acids is 1. The molecule has 18 heavy (non-hydrogen) atoms. The van der Waals surface area contributed by atoms with E-state index >= 15 is 0 Å². The summed E-state index contributed by atoms with van der Waals surface area (Å²) in [5.74, 6) is -0.304. The van der Waals surface area contributed by atoms with Gasteiger partial charge in [0.1, 0.15) is 6.10 Å². The van der Waals surface area contributed by atoms with Crippen molar-refractivity contribution in [1.82, 2.24) is 4.98 Å². The van der Waals surface area contributed by atoms with Gasteiger partial charge in [0, 0.05) is 6.61 Å². The van der Waals surface area contributed by atoms with E-state index in [1.807, 2.05) is 0 Å². The summed E-state index contributed by atoms with van der Waals surface area (Å²) >= 11 is 0.842. The first-order valence-electron chi connectivity index (χ1n) is 5.30. The van der Waals surface area contributed by atoms with Crippen LogP contribution >= 0.6 is 11.3 Å². The van der Waals surface area contributed by atoms with E-state index in [0.29, 0.717) is 13.0 Å². The minimum Gasteiger partial charge on any atom is -0.368 e. The number of carbonyl (C=O) groups is 1. The number of anilines is 1. The van der Waals surface area contributed by atoms with Crippen molar-refractivity contribution in [1.29, 1.82) is 0 Å². The van der Waals surface area contributed by atoms with Crippen molar-refractivity contribution in [2.24, 2.45) is 5.14 Å². The number of thiazole rings is 1. The fourth-order valence-electron chi connectivity index (χ4n) is 1.67. The second-order valence-corrected chi connectivity index (χ2v) is 6.68. The molecule has 100 valence electrons. The third kappa shape index (κ3) is 2.86. The number of aryl methyl sites for hydroxylation is 1. The van der Waals surface area contributed by atoms with Crippen molar-refractivity contribution in [2.75, 3.05) is 11.9 Å². The Labute approximate surface area is 108 Å². The van der Waals surface area contributed by atoms with Gasteiger partial charge in [-0.2, -0.15) is 0 Å². The summed E-state index contributed by atoms with van der Waals surface area (Å²) in [6.45, 7) is 2.09. The van der Waals surface area contributed by atoms with Crippen LogP contribution in [-0.4, -0.2) is 32.0 Å². The lowest BCUT2D eigenvalue weighted by Crippen LogP contribution is -2.26. The molecule has 0 bridgehead atoms. The molecule has 0 spiro atoms. The van der Waals surface area contributed by atoms with Gasteiger partial charge in [0.2, 0.25) is 10.0 Å². The number of nitrogens with zero attached hydrogens (tertiary/aromatic N) is 1. The van der Waals surface area contributed by atoms with Crippen molar-refractivity contribution >= 4 is 32.4 Å². The van der Waals surface area contributed by atoms with Gasteiger partial charge < -0.3 is 4.74 Å². The van der Waals surface area contributed by atoms with Crippen molar-refractivity contribution in [2.45, 2.75) is 30.1 Å². The first kappa shape index (κ1) is 13.4. The number of amides is 1. The summed E-state index contributed by atoms with van der Waals surface area (Å²) in [5, 5.41) is 7.79. The molecule has 1 aliphatic rings. The van der Waals surface area contributed by atoms with Crippen LogP contribution in [-0.2, 0) is 19.6 Å². The summed E-state index contributed by atoms with van der Waals surface area (Å²) in [6.07, 6.45) is 1.03. The molecule has 3 N–H and O–H groups in total. The average Bonchev–Trinajstić information content (AvgIpc) is 2.85. The maximum absolute atomic E-state index is 11.7. The molecule has 1 atom stereocenters. The van der Waals surface area contributed by atoms with Crippen molar-refractivity contribution in [3.8, 4) is 0 Å². The Hall–Kier alpha value is -1.03. The monoisotopic (exact) mass is 291 g/mol. The quantitative estimate of drug-likeness (QED) is 0.827. The Balaban J connectivity index is 2.13. The van der Waals surface area contributed by atoms with Gasteiger partial charge in [0.15, 0.2) is 9.34 Å². The fourth-order valence-corrected chi connectivity index (χ4v) is 3.53. The minimum atomic E-state index is -3.79. The normalized spacial score (nSPS) is 20.0. The number of hydrogen-bond acceptors (Lipinski definition) is 6. The molecular weight excluding hydrogens is 278 g/mol. The number of ether oxygens (including phenoxy) is 1. The Morgan fingerprint density at radius 2 is 2.33 bits per heavy atom. The number of rotatable bonds is 3. The van der Waals surface area contributed by atoms with E-state index in [1.165, 1.54) is 6.92 Å². The number of nitrogens with one attached hydrogen (secondary N) is 1. The van der Waals surface area contributed by atoms with E-state index < -0.39 is 16.1 Å². The topological polar surface area (TPSA) is 111 Å². The molecular formula is C9H13N3O4S2. The molecule has 0 aliphatic carbocycles. The van der Waals surface area contributed by atoms with Gasteiger partial charge in [0.05, 0.1) is 5.69 Å². The van der Waals surface area contributed by atoms with E-state index in [0.717, 1.165) is 17.8 Å². The Morgan fingerprint density at radius 1 is 1.61 bits per heavy atom. The van der Waals surface area contributed by atoms with Crippen LogP contribution in [0.5, 0.6) is 0 Å². The lowest BCUT2D eigenvalue weighted by atomic mass is 10.2. The lowest BCUT2D eigenvalue weighted by Gasteiger charge is -2.07. The van der Waals surface area contributed by atoms with Gasteiger partial charge in [-0.1, -0.05) is 11.3 Å². The molecule has 1 saturated heterocycles. The van der Waals surface area contributed by atoms with Crippen LogP contribution < -0.4 is 10.5 Å². The van der Waals surface area contributed by atoms with E-state index in [-0.39, 0.29) is 20.9 Å². The molecule has 0 saturated carbocycles. The van der Waals surface area contributed by atoms with Gasteiger partial charge in [-0.3, -0.25) is 10.1 Å². The number of hydrogen-bond donors (Lipinski definition) is 2. The highest BCUT2D eigenvalue weighted by Gasteiger charge is 2.25. The first-order chi connectivity index (χ1) is 8.38. The van der Waals surface area contributed by atoms with E-state index in [1.54, 1.807) is 0 Å². The third-order valence-corrected chi connectivity index (χ3v) is 5.09. The molecule has 1 aromatic heterocycles. The highest BCUT2D eigenvalue weighted by Crippen LogP contribution is 2.26. The molecule has 7 nitrogen and oxygen atoms in total. The summed E-state index contributed by atoms with van der Waals surface area (Å²) in [4.78, 5) is 15.7. The maximum Gasteiger partial charge on any atom is 0.255 e. The van der Waals surface area contributed by atoms with Crippen LogP contribution in [0.15, 0.2) is 4.21 Å². The Morgan fingerprint density at radius 3 is 2.83 bits per heavy atom. The van der Waals surface area contributed by atoms with E-state index in [4.69, 9.17) is 9.88 Å². The fraction of sp³-hybridized carbons (Fsp3) is 0.556. The van der Waals surface area contributed by atoms with Gasteiger partial charge >= 0.3 is 0 Å². The van der Waals surface area contributed by atoms with E-state index in [2.05, 4.69) is 10.3 Å². The van der Waals surface area contributed by atoms with Gasteiger partial charge in [-0.05, 0) is 19.8 Å². The molecule has 0 radical (unpaired) electrons. The number of sulfonamides is 1. The number of primary sulfonamides is 1. The van der Waals surface area contributed by atoms with Crippen LogP contribution in [0.2, 0.25) is 0 Å². The van der Waals surface area contributed by atoms with E-state index in [9.17, 15) is 13.2 Å². The summed E-state index contributed by atoms with van der Waals surface area (Å²) in [5.41, 5.74) is 0.283. The highest BCUT2D eigenvalue weighted by molar-refractivity contribution is 7.91. The van der Waals surface area contributed by atoms with Crippen LogP contribution in [0.3, 0.4) is 0 Å². The largest absolute Gasteiger partial charge is 0.368 e. The first-order valence-corrected chi connectivity index (χ1v) is 7.67. The van der Waals surface area contributed by atoms with Crippen LogP contribution in [0.1, 0.15) is 18.5 Å². The Bertz CT molecular complexity index is 560. The highest BCUT2D eigenvalue weighted by atomic mass is 32.2. The van der Waals surface area contributed by atoms with Crippen LogP contribution in [0.4, 0.5) is 5.13 Å². The predicted molar refractivity (Wildman–Crippen MR) is 65.8 cm³/mol. The second kappa shape index (κ2) is 4.92. The van der Waals surface area contributed by atoms with Crippen molar-refractivity contribution < 1.29 is 17.9 Å². The molecule has 0 aromatic carbocycles. The van der Waals surface area contributed by atoms with Crippen LogP contribution in [0.25, 0.3) is 0 Å². The minimum absolute atomic E-state index is 0.0369. The van der Waals surface area contributed by atoms with Gasteiger partial charge in [-0.15, -0.1) is 0 Å². The maximum atomic E-state index is 11.7. The van der Waals surface area contributed by atoms with Gasteiger partial charge in [-0.25, -0.2) is 18.5 Å². The SMILES string of the molecule is Cc1nc(NC(=O)C2CCCO2)sc1S(N)(=O)=O. The third-order valence-electron chi connectivity index (χ3n) is 2.46. The summed E-state index contributed by atoms with van der Waals surface area (Å²) in [7, 11) is -3.79. The van der Waals surface area contributed by atoms with Crippen molar-refractivity contribution in [3.63, 3.8) is 0 Å². The molecule has 1 aromatic rings. The average molecular weight is 291 g/mol. The summed E-state index contributed by atoms with van der Waals surface area (Å²) < 4.78 is 27.6. The number of nitrogens with two attached hydrogens (primary N) is 1. The molecule has 1 unspecified atom stereocenters. The molecule has 1 fully saturated rings. The van der Waals surface area contributed by atoms with Crippen LogP contribution in [0, 0.1) is 6.92 Å². The molecule has 2 heterocycles. The zero-order chi connectivity index (χ0) is 13.3. The molecule has 9 heteroatoms. The number of aromatic nitrogens is 1. The smallest absolute Gasteiger partial charge is 0.255 e.